The molecule has 1 aliphatic heterocycles. The third kappa shape index (κ3) is 3.25. The average molecular weight is 267 g/mol. The molecule has 1 fully saturated rings. The highest BCUT2D eigenvalue weighted by atomic mass is 35.5. The van der Waals surface area contributed by atoms with E-state index in [1.54, 1.807) is 0 Å². The van der Waals surface area contributed by atoms with E-state index < -0.39 is 0 Å². The highest BCUT2D eigenvalue weighted by molar-refractivity contribution is 6.31. The van der Waals surface area contributed by atoms with Crippen molar-refractivity contribution >= 4 is 11.6 Å². The maximum absolute atomic E-state index is 6.30. The van der Waals surface area contributed by atoms with Gasteiger partial charge in [0, 0.05) is 17.6 Å². The summed E-state index contributed by atoms with van der Waals surface area (Å²) in [6.07, 6.45) is 3.86. The Morgan fingerprint density at radius 1 is 1.33 bits per heavy atom. The Balaban J connectivity index is 2.15. The SMILES string of the molecule is CC1CCCN(C(CN)c2ccccc2Cl)CC1. The number of nitrogens with two attached hydrogens (primary N) is 1. The number of benzene rings is 1. The zero-order valence-corrected chi connectivity index (χ0v) is 11.9. The van der Waals surface area contributed by atoms with Gasteiger partial charge in [-0.2, -0.15) is 0 Å². The lowest BCUT2D eigenvalue weighted by Crippen LogP contribution is -2.34. The van der Waals surface area contributed by atoms with Gasteiger partial charge in [-0.25, -0.2) is 0 Å². The monoisotopic (exact) mass is 266 g/mol. The van der Waals surface area contributed by atoms with Crippen LogP contribution in [0.4, 0.5) is 0 Å². The molecule has 2 rings (SSSR count). The first-order chi connectivity index (χ1) is 8.72. The first-order valence-electron chi connectivity index (χ1n) is 6.91. The van der Waals surface area contributed by atoms with Crippen molar-refractivity contribution in [3.63, 3.8) is 0 Å². The third-order valence-electron chi connectivity index (χ3n) is 3.98. The van der Waals surface area contributed by atoms with Crippen molar-refractivity contribution in [3.8, 4) is 0 Å². The molecule has 0 radical (unpaired) electrons. The van der Waals surface area contributed by atoms with E-state index in [0.717, 1.165) is 24.0 Å². The minimum Gasteiger partial charge on any atom is -0.329 e. The molecule has 2 nitrogen and oxygen atoms in total. The van der Waals surface area contributed by atoms with Crippen molar-refractivity contribution in [2.45, 2.75) is 32.2 Å². The van der Waals surface area contributed by atoms with Crippen LogP contribution in [0.3, 0.4) is 0 Å². The quantitative estimate of drug-likeness (QED) is 0.908. The Morgan fingerprint density at radius 3 is 2.83 bits per heavy atom. The molecule has 1 saturated heterocycles. The Labute approximate surface area is 115 Å². The standard InChI is InChI=1S/C15H23ClN2/c1-12-5-4-9-18(10-8-12)15(11-17)13-6-2-3-7-14(13)16/h2-3,6-7,12,15H,4-5,8-11,17H2,1H3. The van der Waals surface area contributed by atoms with E-state index in [4.69, 9.17) is 17.3 Å². The molecule has 1 aliphatic rings. The highest BCUT2D eigenvalue weighted by Crippen LogP contribution is 2.29. The van der Waals surface area contributed by atoms with E-state index in [-0.39, 0.29) is 6.04 Å². The molecule has 18 heavy (non-hydrogen) atoms. The molecular formula is C15H23ClN2. The molecule has 1 aromatic carbocycles. The minimum absolute atomic E-state index is 0.268. The second-order valence-corrected chi connectivity index (χ2v) is 5.75. The van der Waals surface area contributed by atoms with Crippen LogP contribution in [0.2, 0.25) is 5.02 Å². The summed E-state index contributed by atoms with van der Waals surface area (Å²) in [7, 11) is 0. The summed E-state index contributed by atoms with van der Waals surface area (Å²) >= 11 is 6.30. The van der Waals surface area contributed by atoms with Crippen LogP contribution in [0.1, 0.15) is 37.8 Å². The Morgan fingerprint density at radius 2 is 2.11 bits per heavy atom. The topological polar surface area (TPSA) is 29.3 Å². The van der Waals surface area contributed by atoms with Gasteiger partial charge in [0.15, 0.2) is 0 Å². The molecule has 100 valence electrons. The molecule has 0 bridgehead atoms. The van der Waals surface area contributed by atoms with Crippen molar-refractivity contribution in [2.75, 3.05) is 19.6 Å². The molecule has 2 N–H and O–H groups in total. The van der Waals surface area contributed by atoms with E-state index in [2.05, 4.69) is 17.9 Å². The van der Waals surface area contributed by atoms with E-state index in [9.17, 15) is 0 Å². The van der Waals surface area contributed by atoms with Gasteiger partial charge in [0.2, 0.25) is 0 Å². The van der Waals surface area contributed by atoms with Gasteiger partial charge in [-0.3, -0.25) is 4.90 Å². The second-order valence-electron chi connectivity index (χ2n) is 5.35. The summed E-state index contributed by atoms with van der Waals surface area (Å²) in [4.78, 5) is 2.50. The first-order valence-corrected chi connectivity index (χ1v) is 7.28. The van der Waals surface area contributed by atoms with Gasteiger partial charge < -0.3 is 5.73 Å². The van der Waals surface area contributed by atoms with Gasteiger partial charge in [0.05, 0.1) is 0 Å². The average Bonchev–Trinajstić information content (AvgIpc) is 2.58. The summed E-state index contributed by atoms with van der Waals surface area (Å²) < 4.78 is 0. The molecule has 1 heterocycles. The van der Waals surface area contributed by atoms with Crippen molar-refractivity contribution < 1.29 is 0 Å². The zero-order valence-electron chi connectivity index (χ0n) is 11.1. The Kier molecular flexibility index (Phi) is 5.04. The summed E-state index contributed by atoms with van der Waals surface area (Å²) in [5.74, 6) is 0.833. The van der Waals surface area contributed by atoms with Gasteiger partial charge >= 0.3 is 0 Å². The molecule has 2 unspecified atom stereocenters. The summed E-state index contributed by atoms with van der Waals surface area (Å²) in [6.45, 7) is 5.25. The fourth-order valence-electron chi connectivity index (χ4n) is 2.81. The number of halogens is 1. The number of nitrogens with zero attached hydrogens (tertiary/aromatic N) is 1. The molecule has 1 aromatic rings. The van der Waals surface area contributed by atoms with Gasteiger partial charge in [-0.05, 0) is 49.9 Å². The van der Waals surface area contributed by atoms with Crippen LogP contribution >= 0.6 is 11.6 Å². The van der Waals surface area contributed by atoms with Gasteiger partial charge in [0.25, 0.3) is 0 Å². The molecular weight excluding hydrogens is 244 g/mol. The predicted octanol–water partition coefficient (Wildman–Crippen LogP) is 3.46. The lowest BCUT2D eigenvalue weighted by atomic mass is 10.0. The molecule has 3 heteroatoms. The number of likely N-dealkylation sites (tertiary alicyclic amines) is 1. The highest BCUT2D eigenvalue weighted by Gasteiger charge is 2.23. The molecule has 0 saturated carbocycles. The van der Waals surface area contributed by atoms with Crippen molar-refractivity contribution in [2.24, 2.45) is 11.7 Å². The zero-order chi connectivity index (χ0) is 13.0. The maximum atomic E-state index is 6.30. The molecule has 2 atom stereocenters. The van der Waals surface area contributed by atoms with Crippen LogP contribution in [0.5, 0.6) is 0 Å². The minimum atomic E-state index is 0.268. The molecule has 0 amide bonds. The first kappa shape index (κ1) is 13.9. The van der Waals surface area contributed by atoms with Crippen molar-refractivity contribution in [3.05, 3.63) is 34.9 Å². The summed E-state index contributed by atoms with van der Waals surface area (Å²) in [5, 5.41) is 0.838. The van der Waals surface area contributed by atoms with Crippen molar-refractivity contribution in [1.82, 2.24) is 4.90 Å². The van der Waals surface area contributed by atoms with Crippen LogP contribution in [0.25, 0.3) is 0 Å². The van der Waals surface area contributed by atoms with Crippen LogP contribution in [0.15, 0.2) is 24.3 Å². The van der Waals surface area contributed by atoms with E-state index in [1.165, 1.54) is 24.8 Å². The van der Waals surface area contributed by atoms with Gasteiger partial charge in [0.1, 0.15) is 0 Å². The normalized spacial score (nSPS) is 23.6. The molecule has 0 spiro atoms. The van der Waals surface area contributed by atoms with Crippen LogP contribution < -0.4 is 5.73 Å². The molecule has 0 aliphatic carbocycles. The number of rotatable bonds is 3. The fourth-order valence-corrected chi connectivity index (χ4v) is 3.08. The van der Waals surface area contributed by atoms with E-state index in [0.29, 0.717) is 6.54 Å². The van der Waals surface area contributed by atoms with E-state index >= 15 is 0 Å². The predicted molar refractivity (Wildman–Crippen MR) is 77.8 cm³/mol. The largest absolute Gasteiger partial charge is 0.329 e. The van der Waals surface area contributed by atoms with Crippen LogP contribution in [-0.4, -0.2) is 24.5 Å². The second kappa shape index (κ2) is 6.55. The Bertz CT molecular complexity index is 381. The maximum Gasteiger partial charge on any atom is 0.0485 e. The smallest absolute Gasteiger partial charge is 0.0485 e. The number of hydrogen-bond acceptors (Lipinski definition) is 2. The summed E-state index contributed by atoms with van der Waals surface area (Å²) in [6, 6.07) is 8.35. The fraction of sp³-hybridized carbons (Fsp3) is 0.600. The van der Waals surface area contributed by atoms with Crippen LogP contribution in [0, 0.1) is 5.92 Å². The molecule has 0 aromatic heterocycles. The number of hydrogen-bond donors (Lipinski definition) is 1. The van der Waals surface area contributed by atoms with Crippen LogP contribution in [-0.2, 0) is 0 Å². The lowest BCUT2D eigenvalue weighted by molar-refractivity contribution is 0.207. The van der Waals surface area contributed by atoms with Crippen molar-refractivity contribution in [1.29, 1.82) is 0 Å². The third-order valence-corrected chi connectivity index (χ3v) is 4.32. The lowest BCUT2D eigenvalue weighted by Gasteiger charge is -2.30. The van der Waals surface area contributed by atoms with Gasteiger partial charge in [-0.1, -0.05) is 36.7 Å². The summed E-state index contributed by atoms with van der Waals surface area (Å²) in [5.41, 5.74) is 7.17. The van der Waals surface area contributed by atoms with Gasteiger partial charge in [-0.15, -0.1) is 0 Å². The Hall–Kier alpha value is -0.570. The van der Waals surface area contributed by atoms with E-state index in [1.807, 2.05) is 18.2 Å².